The maximum absolute atomic E-state index is 12.5. The number of halogens is 1. The van der Waals surface area contributed by atoms with E-state index in [4.69, 9.17) is 16.3 Å². The molecular weight excluding hydrogens is 372 g/mol. The van der Waals surface area contributed by atoms with Gasteiger partial charge in [0.25, 0.3) is 5.91 Å². The van der Waals surface area contributed by atoms with Gasteiger partial charge in [-0.05, 0) is 68.7 Å². The van der Waals surface area contributed by atoms with Gasteiger partial charge in [0.05, 0.1) is 5.92 Å². The van der Waals surface area contributed by atoms with Gasteiger partial charge in [0.2, 0.25) is 5.91 Å². The molecule has 2 aliphatic rings. The van der Waals surface area contributed by atoms with Crippen LogP contribution < -0.4 is 20.7 Å². The van der Waals surface area contributed by atoms with Crippen LogP contribution in [0.15, 0.2) is 18.2 Å². The van der Waals surface area contributed by atoms with E-state index in [9.17, 15) is 19.5 Å². The Labute approximate surface area is 162 Å². The van der Waals surface area contributed by atoms with E-state index in [1.807, 2.05) is 6.92 Å². The largest absolute Gasteiger partial charge is 0.550 e. The number of carboxylic acid groups (broad SMARTS) is 1. The van der Waals surface area contributed by atoms with Gasteiger partial charge in [0.1, 0.15) is 5.75 Å². The lowest BCUT2D eigenvalue weighted by Crippen LogP contribution is -2.52. The van der Waals surface area contributed by atoms with E-state index >= 15 is 0 Å². The highest BCUT2D eigenvalue weighted by molar-refractivity contribution is 6.30. The van der Waals surface area contributed by atoms with Crippen molar-refractivity contribution < 1.29 is 24.2 Å². The first-order valence-corrected chi connectivity index (χ1v) is 9.39. The van der Waals surface area contributed by atoms with Gasteiger partial charge in [-0.25, -0.2) is 0 Å². The summed E-state index contributed by atoms with van der Waals surface area (Å²) in [6.07, 6.45) is 1.50. The highest BCUT2D eigenvalue weighted by Gasteiger charge is 2.51. The predicted molar refractivity (Wildman–Crippen MR) is 95.4 cm³/mol. The summed E-state index contributed by atoms with van der Waals surface area (Å²) in [7, 11) is 0. The van der Waals surface area contributed by atoms with Gasteiger partial charge < -0.3 is 14.6 Å². The summed E-state index contributed by atoms with van der Waals surface area (Å²) in [5, 5.41) is 12.0. The molecule has 27 heavy (non-hydrogen) atoms. The predicted octanol–water partition coefficient (Wildman–Crippen LogP) is 0.975. The molecule has 0 heterocycles. The zero-order valence-corrected chi connectivity index (χ0v) is 15.9. The lowest BCUT2D eigenvalue weighted by Gasteiger charge is -2.30. The molecule has 1 aromatic carbocycles. The number of fused-ring (bicyclic) bond motifs is 2. The Bertz CT molecular complexity index is 768. The zero-order chi connectivity index (χ0) is 19.7. The van der Waals surface area contributed by atoms with Crippen molar-refractivity contribution in [3.05, 3.63) is 28.8 Å². The van der Waals surface area contributed by atoms with Crippen molar-refractivity contribution in [3.8, 4) is 5.75 Å². The number of hydrogen-bond donors (Lipinski definition) is 2. The number of hydrogen-bond acceptors (Lipinski definition) is 5. The lowest BCUT2D eigenvalue weighted by atomic mass is 9.79. The number of rotatable bonds is 5. The molecule has 5 atom stereocenters. The SMILES string of the molecule is Cc1cc(Cl)ccc1O[C@@H](C)C(=O)NNC(=O)[C@@H]1[C@H]2CC[C@@H](C2)[C@@H]1C(=O)[O-]. The summed E-state index contributed by atoms with van der Waals surface area (Å²) >= 11 is 5.90. The van der Waals surface area contributed by atoms with Crippen molar-refractivity contribution >= 4 is 29.4 Å². The molecule has 2 bridgehead atoms. The van der Waals surface area contributed by atoms with Crippen LogP contribution in [0.3, 0.4) is 0 Å². The van der Waals surface area contributed by atoms with Crippen molar-refractivity contribution in [3.63, 3.8) is 0 Å². The van der Waals surface area contributed by atoms with Crippen LogP contribution in [0, 0.1) is 30.6 Å². The van der Waals surface area contributed by atoms with Gasteiger partial charge in [0.15, 0.2) is 6.10 Å². The second kappa shape index (κ2) is 7.76. The molecule has 0 aliphatic heterocycles. The summed E-state index contributed by atoms with van der Waals surface area (Å²) in [6.45, 7) is 3.36. The van der Waals surface area contributed by atoms with E-state index in [-0.39, 0.29) is 11.8 Å². The van der Waals surface area contributed by atoms with E-state index in [2.05, 4.69) is 10.9 Å². The number of amides is 2. The second-order valence-corrected chi connectivity index (χ2v) is 7.79. The lowest BCUT2D eigenvalue weighted by molar-refractivity contribution is -0.314. The topological polar surface area (TPSA) is 108 Å². The number of carbonyl (C=O) groups is 3. The number of ether oxygens (including phenoxy) is 1. The summed E-state index contributed by atoms with van der Waals surface area (Å²) in [5.41, 5.74) is 5.46. The maximum atomic E-state index is 12.5. The van der Waals surface area contributed by atoms with Gasteiger partial charge in [0, 0.05) is 16.9 Å². The minimum atomic E-state index is -1.19. The fourth-order valence-corrected chi connectivity index (χ4v) is 4.53. The van der Waals surface area contributed by atoms with Gasteiger partial charge in [-0.2, -0.15) is 0 Å². The summed E-state index contributed by atoms with van der Waals surface area (Å²) in [5.74, 6) is -3.14. The van der Waals surface area contributed by atoms with E-state index in [0.29, 0.717) is 10.8 Å². The van der Waals surface area contributed by atoms with Crippen molar-refractivity contribution in [2.45, 2.75) is 39.2 Å². The van der Waals surface area contributed by atoms with Crippen molar-refractivity contribution in [1.82, 2.24) is 10.9 Å². The van der Waals surface area contributed by atoms with Crippen LogP contribution in [0.1, 0.15) is 31.7 Å². The Kier molecular flexibility index (Phi) is 5.60. The fourth-order valence-electron chi connectivity index (χ4n) is 4.30. The molecule has 2 amide bonds. The van der Waals surface area contributed by atoms with Gasteiger partial charge in [-0.1, -0.05) is 11.6 Å². The molecular formula is C19H22ClN2O5-. The monoisotopic (exact) mass is 393 g/mol. The third kappa shape index (κ3) is 4.03. The molecule has 146 valence electrons. The van der Waals surface area contributed by atoms with Gasteiger partial charge in [-0.3, -0.25) is 20.4 Å². The molecule has 0 radical (unpaired) electrons. The summed E-state index contributed by atoms with van der Waals surface area (Å²) in [6, 6.07) is 5.05. The van der Waals surface area contributed by atoms with Crippen LogP contribution in [0.2, 0.25) is 5.02 Å². The number of nitrogens with one attached hydrogen (secondary N) is 2. The third-order valence-corrected chi connectivity index (χ3v) is 5.85. The normalized spacial score (nSPS) is 27.1. The molecule has 0 aromatic heterocycles. The number of carbonyl (C=O) groups excluding carboxylic acids is 3. The van der Waals surface area contributed by atoms with Crippen LogP contribution in [-0.4, -0.2) is 23.9 Å². The smallest absolute Gasteiger partial charge is 0.279 e. The highest BCUT2D eigenvalue weighted by Crippen LogP contribution is 2.52. The molecule has 1 aromatic rings. The molecule has 2 fully saturated rings. The zero-order valence-electron chi connectivity index (χ0n) is 15.2. The number of benzene rings is 1. The van der Waals surface area contributed by atoms with E-state index in [0.717, 1.165) is 24.8 Å². The van der Waals surface area contributed by atoms with Crippen molar-refractivity contribution in [2.75, 3.05) is 0 Å². The number of aryl methyl sites for hydroxylation is 1. The van der Waals surface area contributed by atoms with Gasteiger partial charge in [-0.15, -0.1) is 0 Å². The van der Waals surface area contributed by atoms with Crippen LogP contribution >= 0.6 is 11.6 Å². The molecule has 2 aliphatic carbocycles. The van der Waals surface area contributed by atoms with E-state index in [1.54, 1.807) is 25.1 Å². The van der Waals surface area contributed by atoms with Crippen molar-refractivity contribution in [2.24, 2.45) is 23.7 Å². The standard InChI is InChI=1S/C19H23ClN2O5/c1-9-7-13(20)5-6-14(9)27-10(2)17(23)21-22-18(24)15-11-3-4-12(8-11)16(15)19(25)26/h5-7,10-12,15-16H,3-4,8H2,1-2H3,(H,21,23)(H,22,24)(H,25,26)/p-1/t10-,11-,12-,15+,16-/m0/s1. The molecule has 8 heteroatoms. The summed E-state index contributed by atoms with van der Waals surface area (Å²) < 4.78 is 5.60. The summed E-state index contributed by atoms with van der Waals surface area (Å²) in [4.78, 5) is 36.1. The second-order valence-electron chi connectivity index (χ2n) is 7.35. The first-order valence-electron chi connectivity index (χ1n) is 9.01. The molecule has 0 unspecified atom stereocenters. The van der Waals surface area contributed by atoms with Crippen LogP contribution in [0.25, 0.3) is 0 Å². The van der Waals surface area contributed by atoms with Crippen LogP contribution in [0.4, 0.5) is 0 Å². The Balaban J connectivity index is 1.55. The Hall–Kier alpha value is -2.28. The average molecular weight is 394 g/mol. The average Bonchev–Trinajstić information content (AvgIpc) is 3.22. The van der Waals surface area contributed by atoms with Gasteiger partial charge >= 0.3 is 0 Å². The quantitative estimate of drug-likeness (QED) is 0.725. The first kappa shape index (κ1) is 19.5. The van der Waals surface area contributed by atoms with Crippen LogP contribution in [0.5, 0.6) is 5.75 Å². The van der Waals surface area contributed by atoms with Crippen LogP contribution in [-0.2, 0) is 14.4 Å². The molecule has 0 saturated heterocycles. The molecule has 7 nitrogen and oxygen atoms in total. The Morgan fingerprint density at radius 1 is 1.19 bits per heavy atom. The number of carboxylic acids is 1. The minimum Gasteiger partial charge on any atom is -0.550 e. The third-order valence-electron chi connectivity index (χ3n) is 5.61. The first-order chi connectivity index (χ1) is 12.8. The highest BCUT2D eigenvalue weighted by atomic mass is 35.5. The Morgan fingerprint density at radius 2 is 1.85 bits per heavy atom. The number of hydrazine groups is 1. The van der Waals surface area contributed by atoms with E-state index in [1.165, 1.54) is 0 Å². The fraction of sp³-hybridized carbons (Fsp3) is 0.526. The minimum absolute atomic E-state index is 0.0124. The van der Waals surface area contributed by atoms with Crippen molar-refractivity contribution in [1.29, 1.82) is 0 Å². The molecule has 2 N–H and O–H groups in total. The Morgan fingerprint density at radius 3 is 2.48 bits per heavy atom. The molecule has 0 spiro atoms. The molecule has 2 saturated carbocycles. The maximum Gasteiger partial charge on any atom is 0.279 e. The van der Waals surface area contributed by atoms with E-state index < -0.39 is 35.7 Å². The number of aliphatic carboxylic acids is 1. The molecule has 3 rings (SSSR count).